The van der Waals surface area contributed by atoms with Gasteiger partial charge in [-0.1, -0.05) is 13.8 Å². The van der Waals surface area contributed by atoms with Gasteiger partial charge in [-0.3, -0.25) is 14.7 Å². The standard InChI is InChI=1S/C18H30N4O2/c1-12(2)5-7-21-8-6-15-16(11-21)19-18(20-17(15)23)22-9-13(3)24-14(4)10-22/h12-14H,5-11H2,1-4H3,(H,19,20,23)/t13-,14+. The van der Waals surface area contributed by atoms with Crippen molar-refractivity contribution in [3.63, 3.8) is 0 Å². The topological polar surface area (TPSA) is 61.5 Å². The van der Waals surface area contributed by atoms with Crippen LogP contribution in [0.3, 0.4) is 0 Å². The highest BCUT2D eigenvalue weighted by Gasteiger charge is 2.26. The molecular weight excluding hydrogens is 304 g/mol. The molecular formula is C18H30N4O2. The Bertz CT molecular complexity index is 618. The van der Waals surface area contributed by atoms with Gasteiger partial charge in [0.15, 0.2) is 0 Å². The first-order chi connectivity index (χ1) is 11.4. The van der Waals surface area contributed by atoms with Crippen molar-refractivity contribution in [1.82, 2.24) is 14.9 Å². The molecule has 134 valence electrons. The third kappa shape index (κ3) is 3.98. The average molecular weight is 334 g/mol. The van der Waals surface area contributed by atoms with Crippen LogP contribution in [-0.2, 0) is 17.7 Å². The van der Waals surface area contributed by atoms with Crippen molar-refractivity contribution in [2.75, 3.05) is 31.1 Å². The van der Waals surface area contributed by atoms with Crippen LogP contribution in [0.4, 0.5) is 5.95 Å². The van der Waals surface area contributed by atoms with E-state index in [0.717, 1.165) is 50.4 Å². The zero-order valence-corrected chi connectivity index (χ0v) is 15.3. The summed E-state index contributed by atoms with van der Waals surface area (Å²) in [5.74, 6) is 1.40. The highest BCUT2D eigenvalue weighted by Crippen LogP contribution is 2.20. The molecule has 1 fully saturated rings. The molecule has 0 aromatic carbocycles. The molecule has 0 spiro atoms. The van der Waals surface area contributed by atoms with Gasteiger partial charge in [-0.25, -0.2) is 4.98 Å². The van der Waals surface area contributed by atoms with Crippen LogP contribution >= 0.6 is 0 Å². The van der Waals surface area contributed by atoms with Gasteiger partial charge in [-0.15, -0.1) is 0 Å². The number of hydrogen-bond donors (Lipinski definition) is 1. The van der Waals surface area contributed by atoms with Crippen molar-refractivity contribution < 1.29 is 4.74 Å². The SMILES string of the molecule is CC(C)CCN1CCc2c(nc(N3C[C@@H](C)O[C@@H](C)C3)[nH]c2=O)C1. The first kappa shape index (κ1) is 17.4. The lowest BCUT2D eigenvalue weighted by atomic mass is 10.0. The predicted octanol–water partition coefficient (Wildman–Crippen LogP) is 1.79. The summed E-state index contributed by atoms with van der Waals surface area (Å²) < 4.78 is 5.78. The first-order valence-electron chi connectivity index (χ1n) is 9.17. The minimum absolute atomic E-state index is 0.0327. The second-order valence-electron chi connectivity index (χ2n) is 7.69. The zero-order chi connectivity index (χ0) is 17.3. The predicted molar refractivity (Wildman–Crippen MR) is 95.5 cm³/mol. The molecule has 2 aliphatic heterocycles. The summed E-state index contributed by atoms with van der Waals surface area (Å²) in [4.78, 5) is 24.9. The van der Waals surface area contributed by atoms with Gasteiger partial charge in [-0.05, 0) is 39.2 Å². The summed E-state index contributed by atoms with van der Waals surface area (Å²) in [6.45, 7) is 13.0. The molecule has 2 atom stereocenters. The normalized spacial score (nSPS) is 25.1. The summed E-state index contributed by atoms with van der Waals surface area (Å²) in [5.41, 5.74) is 1.86. The average Bonchev–Trinajstić information content (AvgIpc) is 2.51. The molecule has 1 saturated heterocycles. The highest BCUT2D eigenvalue weighted by molar-refractivity contribution is 5.35. The first-order valence-corrected chi connectivity index (χ1v) is 9.17. The van der Waals surface area contributed by atoms with Crippen molar-refractivity contribution in [1.29, 1.82) is 0 Å². The molecule has 0 unspecified atom stereocenters. The molecule has 1 aromatic rings. The van der Waals surface area contributed by atoms with Crippen LogP contribution in [0, 0.1) is 5.92 Å². The summed E-state index contributed by atoms with van der Waals surface area (Å²) in [6.07, 6.45) is 2.28. The Morgan fingerprint density at radius 1 is 1.29 bits per heavy atom. The minimum Gasteiger partial charge on any atom is -0.372 e. The number of H-pyrrole nitrogens is 1. The van der Waals surface area contributed by atoms with Gasteiger partial charge in [0, 0.05) is 31.7 Å². The van der Waals surface area contributed by atoms with E-state index in [-0.39, 0.29) is 17.8 Å². The molecule has 6 heteroatoms. The van der Waals surface area contributed by atoms with E-state index in [4.69, 9.17) is 9.72 Å². The number of aromatic amines is 1. The number of fused-ring (bicyclic) bond motifs is 1. The Balaban J connectivity index is 1.78. The van der Waals surface area contributed by atoms with E-state index in [2.05, 4.69) is 42.5 Å². The Kier molecular flexibility index (Phi) is 5.25. The van der Waals surface area contributed by atoms with Gasteiger partial charge < -0.3 is 9.64 Å². The van der Waals surface area contributed by atoms with Crippen LogP contribution in [-0.4, -0.2) is 53.3 Å². The zero-order valence-electron chi connectivity index (χ0n) is 15.3. The van der Waals surface area contributed by atoms with Crippen molar-refractivity contribution in [3.8, 4) is 0 Å². The van der Waals surface area contributed by atoms with Crippen LogP contribution in [0.2, 0.25) is 0 Å². The summed E-state index contributed by atoms with van der Waals surface area (Å²) in [6, 6.07) is 0. The number of nitrogens with one attached hydrogen (secondary N) is 1. The van der Waals surface area contributed by atoms with Crippen molar-refractivity contribution in [2.45, 2.75) is 59.3 Å². The number of anilines is 1. The van der Waals surface area contributed by atoms with Crippen LogP contribution in [0.15, 0.2) is 4.79 Å². The molecule has 0 saturated carbocycles. The second kappa shape index (κ2) is 7.23. The maximum atomic E-state index is 12.5. The lowest BCUT2D eigenvalue weighted by molar-refractivity contribution is -0.00576. The Morgan fingerprint density at radius 2 is 2.00 bits per heavy atom. The Hall–Kier alpha value is -1.40. The van der Waals surface area contributed by atoms with Crippen LogP contribution < -0.4 is 10.5 Å². The quantitative estimate of drug-likeness (QED) is 0.909. The molecule has 0 aliphatic carbocycles. The number of aromatic nitrogens is 2. The van der Waals surface area contributed by atoms with Crippen LogP contribution in [0.5, 0.6) is 0 Å². The van der Waals surface area contributed by atoms with Crippen molar-refractivity contribution >= 4 is 5.95 Å². The van der Waals surface area contributed by atoms with Crippen LogP contribution in [0.25, 0.3) is 0 Å². The fourth-order valence-corrected chi connectivity index (χ4v) is 3.61. The van der Waals surface area contributed by atoms with Crippen molar-refractivity contribution in [2.24, 2.45) is 5.92 Å². The maximum Gasteiger partial charge on any atom is 0.255 e. The van der Waals surface area contributed by atoms with E-state index in [1.54, 1.807) is 0 Å². The van der Waals surface area contributed by atoms with Crippen molar-refractivity contribution in [3.05, 3.63) is 21.6 Å². The van der Waals surface area contributed by atoms with E-state index in [0.29, 0.717) is 11.9 Å². The molecule has 24 heavy (non-hydrogen) atoms. The smallest absolute Gasteiger partial charge is 0.255 e. The second-order valence-corrected chi connectivity index (χ2v) is 7.69. The molecule has 0 bridgehead atoms. The summed E-state index contributed by atoms with van der Waals surface area (Å²) in [5, 5.41) is 0. The third-order valence-electron chi connectivity index (χ3n) is 4.88. The third-order valence-corrected chi connectivity index (χ3v) is 4.88. The van der Waals surface area contributed by atoms with E-state index in [1.165, 1.54) is 6.42 Å². The van der Waals surface area contributed by atoms with E-state index in [1.807, 2.05) is 0 Å². The maximum absolute atomic E-state index is 12.5. The molecule has 1 aromatic heterocycles. The summed E-state index contributed by atoms with van der Waals surface area (Å²) in [7, 11) is 0. The fourth-order valence-electron chi connectivity index (χ4n) is 3.61. The molecule has 3 rings (SSSR count). The lowest BCUT2D eigenvalue weighted by Crippen LogP contribution is -2.47. The minimum atomic E-state index is 0.0327. The Morgan fingerprint density at radius 3 is 2.67 bits per heavy atom. The Labute approximate surface area is 144 Å². The lowest BCUT2D eigenvalue weighted by Gasteiger charge is -2.36. The molecule has 2 aliphatic rings. The number of ether oxygens (including phenoxy) is 1. The van der Waals surface area contributed by atoms with Gasteiger partial charge in [-0.2, -0.15) is 0 Å². The summed E-state index contributed by atoms with van der Waals surface area (Å²) >= 11 is 0. The van der Waals surface area contributed by atoms with Crippen LogP contribution in [0.1, 0.15) is 45.4 Å². The van der Waals surface area contributed by atoms with Gasteiger partial charge in [0.2, 0.25) is 5.95 Å². The largest absolute Gasteiger partial charge is 0.372 e. The molecule has 1 N–H and O–H groups in total. The van der Waals surface area contributed by atoms with Gasteiger partial charge in [0.25, 0.3) is 5.56 Å². The van der Waals surface area contributed by atoms with E-state index < -0.39 is 0 Å². The highest BCUT2D eigenvalue weighted by atomic mass is 16.5. The monoisotopic (exact) mass is 334 g/mol. The van der Waals surface area contributed by atoms with E-state index >= 15 is 0 Å². The molecule has 3 heterocycles. The number of morpholine rings is 1. The fraction of sp³-hybridized carbons (Fsp3) is 0.778. The number of rotatable bonds is 4. The van der Waals surface area contributed by atoms with Gasteiger partial charge in [0.1, 0.15) is 0 Å². The van der Waals surface area contributed by atoms with E-state index in [9.17, 15) is 4.79 Å². The van der Waals surface area contributed by atoms with Gasteiger partial charge >= 0.3 is 0 Å². The number of nitrogens with zero attached hydrogens (tertiary/aromatic N) is 3. The van der Waals surface area contributed by atoms with Gasteiger partial charge in [0.05, 0.1) is 17.9 Å². The molecule has 0 amide bonds. The molecule has 6 nitrogen and oxygen atoms in total. The molecule has 0 radical (unpaired) electrons. The number of hydrogen-bond acceptors (Lipinski definition) is 5.